The number of primary sulfonamides is 1. The van der Waals surface area contributed by atoms with Crippen LogP contribution < -0.4 is 25.8 Å². The monoisotopic (exact) mass is 640 g/mol. The molecule has 2 saturated heterocycles. The lowest BCUT2D eigenvalue weighted by Crippen LogP contribution is -2.41. The van der Waals surface area contributed by atoms with Crippen LogP contribution in [0.5, 0.6) is 5.88 Å². The van der Waals surface area contributed by atoms with E-state index in [-0.39, 0.29) is 43.8 Å². The zero-order chi connectivity index (χ0) is 31.2. The number of nitrogen functional groups attached to an aromatic ring is 1. The number of hydrogen-bond donors (Lipinski definition) is 4. The van der Waals surface area contributed by atoms with Crippen LogP contribution >= 0.6 is 11.6 Å². The Hall–Kier alpha value is -3.66. The molecule has 43 heavy (non-hydrogen) atoms. The first-order valence-corrected chi connectivity index (χ1v) is 15.1. The van der Waals surface area contributed by atoms with Crippen molar-refractivity contribution in [3.05, 3.63) is 59.1 Å². The molecule has 2 unspecified atom stereocenters. The minimum absolute atomic E-state index is 0.0197. The number of hydrogen-bond acceptors (Lipinski definition) is 9. The third-order valence-electron chi connectivity index (χ3n) is 7.82. The topological polar surface area (TPSA) is 174 Å². The SMILES string of the molecule is Nc1nc(OC(c2ccc(Cl)cc2-c2cccc(S(N)(=O)=O)c2)C(F)(F)F)cc(N2CCC3(CC2)CNC(C(=O)O)C3)n1. The molecule has 2 fully saturated rings. The van der Waals surface area contributed by atoms with Crippen molar-refractivity contribution in [2.24, 2.45) is 10.6 Å². The van der Waals surface area contributed by atoms with Crippen LogP contribution in [0, 0.1) is 5.41 Å². The van der Waals surface area contributed by atoms with Crippen LogP contribution in [0.4, 0.5) is 24.9 Å². The summed E-state index contributed by atoms with van der Waals surface area (Å²) in [4.78, 5) is 21.0. The Morgan fingerprint density at radius 3 is 2.51 bits per heavy atom. The summed E-state index contributed by atoms with van der Waals surface area (Å²) in [5.41, 5.74) is 5.45. The first-order chi connectivity index (χ1) is 20.1. The summed E-state index contributed by atoms with van der Waals surface area (Å²) in [6, 6.07) is 9.52. The average molecular weight is 641 g/mol. The molecule has 0 bridgehead atoms. The Morgan fingerprint density at radius 2 is 1.88 bits per heavy atom. The summed E-state index contributed by atoms with van der Waals surface area (Å²) in [7, 11) is -4.14. The number of rotatable bonds is 7. The number of sulfonamides is 1. The van der Waals surface area contributed by atoms with E-state index in [4.69, 9.17) is 27.2 Å². The van der Waals surface area contributed by atoms with Crippen LogP contribution in [0.15, 0.2) is 53.4 Å². The van der Waals surface area contributed by atoms with Gasteiger partial charge in [0.1, 0.15) is 11.9 Å². The second kappa shape index (κ2) is 11.4. The lowest BCUT2D eigenvalue weighted by Gasteiger charge is -2.39. The van der Waals surface area contributed by atoms with E-state index < -0.39 is 40.2 Å². The molecule has 3 aromatic rings. The number of ether oxygens (including phenoxy) is 1. The van der Waals surface area contributed by atoms with Gasteiger partial charge in [0, 0.05) is 36.3 Å². The van der Waals surface area contributed by atoms with Crippen molar-refractivity contribution in [2.45, 2.75) is 42.5 Å². The van der Waals surface area contributed by atoms with Crippen molar-refractivity contribution in [2.75, 3.05) is 30.3 Å². The van der Waals surface area contributed by atoms with Crippen molar-refractivity contribution < 1.29 is 36.2 Å². The van der Waals surface area contributed by atoms with E-state index >= 15 is 0 Å². The number of nitrogens with one attached hydrogen (secondary N) is 1. The Morgan fingerprint density at radius 1 is 1.16 bits per heavy atom. The average Bonchev–Trinajstić information content (AvgIpc) is 3.35. The summed E-state index contributed by atoms with van der Waals surface area (Å²) in [5.74, 6) is -1.34. The Bertz CT molecular complexity index is 1650. The zero-order valence-electron chi connectivity index (χ0n) is 22.5. The molecule has 16 heteroatoms. The van der Waals surface area contributed by atoms with E-state index in [0.717, 1.165) is 12.1 Å². The van der Waals surface area contributed by atoms with Gasteiger partial charge in [0.05, 0.1) is 4.90 Å². The fourth-order valence-corrected chi connectivity index (χ4v) is 6.34. The van der Waals surface area contributed by atoms with Crippen LogP contribution in [0.1, 0.15) is 30.9 Å². The number of nitrogens with zero attached hydrogens (tertiary/aromatic N) is 3. The minimum Gasteiger partial charge on any atom is -0.480 e. The van der Waals surface area contributed by atoms with Gasteiger partial charge in [-0.25, -0.2) is 13.6 Å². The molecule has 6 N–H and O–H groups in total. The number of alkyl halides is 3. The normalized spacial score (nSPS) is 19.4. The van der Waals surface area contributed by atoms with Crippen molar-refractivity contribution in [3.63, 3.8) is 0 Å². The van der Waals surface area contributed by atoms with E-state index in [1.165, 1.54) is 36.4 Å². The number of anilines is 2. The molecule has 0 radical (unpaired) electrons. The number of carbonyl (C=O) groups is 1. The molecule has 2 atom stereocenters. The van der Waals surface area contributed by atoms with Gasteiger partial charge < -0.3 is 25.8 Å². The van der Waals surface area contributed by atoms with Crippen LogP contribution in [0.2, 0.25) is 5.02 Å². The minimum atomic E-state index is -4.94. The summed E-state index contributed by atoms with van der Waals surface area (Å²) in [6.07, 6.45) is -5.68. The Kier molecular flexibility index (Phi) is 8.19. The van der Waals surface area contributed by atoms with Gasteiger partial charge in [-0.1, -0.05) is 29.8 Å². The number of aromatic nitrogens is 2. The first kappa shape index (κ1) is 30.8. The van der Waals surface area contributed by atoms with Gasteiger partial charge in [-0.2, -0.15) is 23.1 Å². The first-order valence-electron chi connectivity index (χ1n) is 13.2. The van der Waals surface area contributed by atoms with Crippen LogP contribution in [0.3, 0.4) is 0 Å². The quantitative estimate of drug-likeness (QED) is 0.298. The number of aliphatic carboxylic acids is 1. The van der Waals surface area contributed by atoms with Gasteiger partial charge in [0.25, 0.3) is 0 Å². The molecule has 1 aromatic heterocycles. The van der Waals surface area contributed by atoms with Crippen LogP contribution in [-0.4, -0.2) is 61.3 Å². The predicted octanol–water partition coefficient (Wildman–Crippen LogP) is 3.74. The smallest absolute Gasteiger partial charge is 0.429 e. The van der Waals surface area contributed by atoms with Crippen molar-refractivity contribution >= 4 is 39.4 Å². The maximum absolute atomic E-state index is 14.6. The molecule has 0 saturated carbocycles. The van der Waals surface area contributed by atoms with E-state index in [9.17, 15) is 31.5 Å². The molecule has 2 aliphatic heterocycles. The summed E-state index contributed by atoms with van der Waals surface area (Å²) in [6.45, 7) is 1.53. The van der Waals surface area contributed by atoms with Gasteiger partial charge in [0.15, 0.2) is 0 Å². The van der Waals surface area contributed by atoms with E-state index in [2.05, 4.69) is 15.3 Å². The Labute approximate surface area is 250 Å². The number of nitrogens with two attached hydrogens (primary N) is 2. The van der Waals surface area contributed by atoms with E-state index in [1.807, 2.05) is 4.90 Å². The molecule has 11 nitrogen and oxygen atoms in total. The molecule has 0 aliphatic carbocycles. The maximum Gasteiger partial charge on any atom is 0.429 e. The molecular weight excluding hydrogens is 613 g/mol. The highest BCUT2D eigenvalue weighted by molar-refractivity contribution is 7.89. The highest BCUT2D eigenvalue weighted by atomic mass is 35.5. The second-order valence-electron chi connectivity index (χ2n) is 10.7. The van der Waals surface area contributed by atoms with Gasteiger partial charge in [-0.15, -0.1) is 0 Å². The second-order valence-corrected chi connectivity index (χ2v) is 12.7. The summed E-state index contributed by atoms with van der Waals surface area (Å²) >= 11 is 6.13. The predicted molar refractivity (Wildman–Crippen MR) is 152 cm³/mol. The van der Waals surface area contributed by atoms with Crippen molar-refractivity contribution in [1.29, 1.82) is 0 Å². The number of halogens is 4. The van der Waals surface area contributed by atoms with Gasteiger partial charge in [-0.05, 0) is 60.1 Å². The van der Waals surface area contributed by atoms with Crippen molar-refractivity contribution in [1.82, 2.24) is 15.3 Å². The number of carboxylic acid groups (broad SMARTS) is 1. The molecule has 2 aliphatic rings. The fourth-order valence-electron chi connectivity index (χ4n) is 5.61. The molecule has 0 amide bonds. The van der Waals surface area contributed by atoms with E-state index in [1.54, 1.807) is 0 Å². The largest absolute Gasteiger partial charge is 0.480 e. The van der Waals surface area contributed by atoms with Gasteiger partial charge >= 0.3 is 12.1 Å². The zero-order valence-corrected chi connectivity index (χ0v) is 24.1. The van der Waals surface area contributed by atoms with Crippen LogP contribution in [0.25, 0.3) is 11.1 Å². The molecule has 5 rings (SSSR count). The standard InChI is InChI=1S/C27H28ClF3N6O5S/c28-16-4-5-18(19(11-16)15-2-1-3-17(10-15)43(33,40)41)23(27(29,30)31)42-22-12-21(35-25(32)36-22)37-8-6-26(7-9-37)13-20(24(38)39)34-14-26/h1-5,10-12,20,23,34H,6-9,13-14H2,(H,38,39)(H2,32,35,36)(H2,33,40,41). The van der Waals surface area contributed by atoms with Crippen LogP contribution in [-0.2, 0) is 14.8 Å². The third kappa shape index (κ3) is 6.79. The highest BCUT2D eigenvalue weighted by Crippen LogP contribution is 2.43. The third-order valence-corrected chi connectivity index (χ3v) is 8.97. The van der Waals surface area contributed by atoms with E-state index in [0.29, 0.717) is 38.9 Å². The van der Waals surface area contributed by atoms with Gasteiger partial charge in [0.2, 0.25) is 28.0 Å². The highest BCUT2D eigenvalue weighted by Gasteiger charge is 2.46. The molecule has 3 heterocycles. The molecule has 230 valence electrons. The molecule has 2 aromatic carbocycles. The lowest BCUT2D eigenvalue weighted by atomic mass is 9.76. The lowest BCUT2D eigenvalue weighted by molar-refractivity contribution is -0.198. The van der Waals surface area contributed by atoms with Gasteiger partial charge in [-0.3, -0.25) is 4.79 Å². The summed E-state index contributed by atoms with van der Waals surface area (Å²) in [5, 5.41) is 17.7. The number of piperidine rings is 1. The molecule has 1 spiro atoms. The number of benzene rings is 2. The fraction of sp³-hybridized carbons (Fsp3) is 0.370. The Balaban J connectivity index is 1.44. The number of carboxylic acids is 1. The maximum atomic E-state index is 14.6. The molecular formula is C27H28ClF3N6O5S. The van der Waals surface area contributed by atoms with Crippen molar-refractivity contribution in [3.8, 4) is 17.0 Å². The summed E-state index contributed by atoms with van der Waals surface area (Å²) < 4.78 is 73.0.